The summed E-state index contributed by atoms with van der Waals surface area (Å²) in [5.74, 6) is -0.0747. The molecule has 31 heavy (non-hydrogen) atoms. The van der Waals surface area contributed by atoms with Gasteiger partial charge in [-0.05, 0) is 24.1 Å². The summed E-state index contributed by atoms with van der Waals surface area (Å²) in [6.45, 7) is 2.09. The molecule has 0 saturated heterocycles. The van der Waals surface area contributed by atoms with E-state index in [4.69, 9.17) is 0 Å². The van der Waals surface area contributed by atoms with Crippen LogP contribution in [0.3, 0.4) is 0 Å². The molecule has 0 aliphatic rings. The van der Waals surface area contributed by atoms with Crippen LogP contribution in [-0.2, 0) is 0 Å². The first-order valence-electron chi connectivity index (χ1n) is 10.4. The monoisotopic (exact) mass is 413 g/mol. The van der Waals surface area contributed by atoms with E-state index >= 15 is 0 Å². The molecule has 156 valence electrons. The van der Waals surface area contributed by atoms with Gasteiger partial charge in [0.1, 0.15) is 23.0 Å². The van der Waals surface area contributed by atoms with Gasteiger partial charge in [0.05, 0.1) is 6.04 Å². The van der Waals surface area contributed by atoms with Gasteiger partial charge in [-0.25, -0.2) is 9.37 Å². The number of H-pyrrole nitrogens is 1. The van der Waals surface area contributed by atoms with Gasteiger partial charge in [0.2, 0.25) is 0 Å². The molecule has 1 heterocycles. The molecular formula is C26H24FN3O. The number of carbonyl (C=O) groups excluding carboxylic acids is 1. The van der Waals surface area contributed by atoms with Crippen LogP contribution in [0.15, 0.2) is 84.9 Å². The summed E-state index contributed by atoms with van der Waals surface area (Å²) in [6.07, 6.45) is 1.74. The molecule has 0 spiro atoms. The van der Waals surface area contributed by atoms with Crippen LogP contribution in [-0.4, -0.2) is 15.9 Å². The van der Waals surface area contributed by atoms with E-state index in [9.17, 15) is 9.18 Å². The number of benzene rings is 3. The van der Waals surface area contributed by atoms with Crippen molar-refractivity contribution in [1.29, 1.82) is 0 Å². The average Bonchev–Trinajstić information content (AvgIpc) is 3.26. The lowest BCUT2D eigenvalue weighted by Gasteiger charge is -2.18. The summed E-state index contributed by atoms with van der Waals surface area (Å²) < 4.78 is 13.9. The maximum atomic E-state index is 13.9. The Morgan fingerprint density at radius 1 is 0.968 bits per heavy atom. The second-order valence-electron chi connectivity index (χ2n) is 7.41. The standard InChI is InChI=1S/C26H24FN3O/c1-2-10-22(18-11-5-3-6-12-18)28-26(31)24-23(20-15-9-16-21(27)17-20)29-25(30-24)19-13-7-4-8-14-19/h3-9,11-17,22H,2,10H2,1H3,(H,28,31)(H,29,30). The van der Waals surface area contributed by atoms with Crippen molar-refractivity contribution in [3.8, 4) is 22.6 Å². The fraction of sp³-hybridized carbons (Fsp3) is 0.154. The maximum Gasteiger partial charge on any atom is 0.270 e. The zero-order valence-corrected chi connectivity index (χ0v) is 17.3. The number of aromatic nitrogens is 2. The predicted molar refractivity (Wildman–Crippen MR) is 121 cm³/mol. The lowest BCUT2D eigenvalue weighted by atomic mass is 10.0. The van der Waals surface area contributed by atoms with Gasteiger partial charge in [-0.1, -0.05) is 86.1 Å². The van der Waals surface area contributed by atoms with Crippen molar-refractivity contribution in [1.82, 2.24) is 15.3 Å². The summed E-state index contributed by atoms with van der Waals surface area (Å²) in [7, 11) is 0. The van der Waals surface area contributed by atoms with Gasteiger partial charge in [-0.2, -0.15) is 0 Å². The number of amides is 1. The molecule has 0 bridgehead atoms. The van der Waals surface area contributed by atoms with Gasteiger partial charge in [-0.15, -0.1) is 0 Å². The van der Waals surface area contributed by atoms with E-state index in [2.05, 4.69) is 22.2 Å². The largest absolute Gasteiger partial charge is 0.344 e. The molecule has 1 atom stereocenters. The third kappa shape index (κ3) is 4.72. The minimum Gasteiger partial charge on any atom is -0.344 e. The number of hydrogen-bond donors (Lipinski definition) is 2. The van der Waals surface area contributed by atoms with Crippen LogP contribution in [0.4, 0.5) is 4.39 Å². The van der Waals surface area contributed by atoms with Crippen molar-refractivity contribution in [3.63, 3.8) is 0 Å². The Morgan fingerprint density at radius 2 is 1.65 bits per heavy atom. The first kappa shape index (κ1) is 20.5. The number of aromatic amines is 1. The van der Waals surface area contributed by atoms with Gasteiger partial charge in [0.25, 0.3) is 5.91 Å². The smallest absolute Gasteiger partial charge is 0.270 e. The van der Waals surface area contributed by atoms with E-state index < -0.39 is 0 Å². The van der Waals surface area contributed by atoms with E-state index in [1.54, 1.807) is 12.1 Å². The summed E-state index contributed by atoms with van der Waals surface area (Å²) in [6, 6.07) is 25.5. The van der Waals surface area contributed by atoms with Crippen molar-refractivity contribution >= 4 is 5.91 Å². The maximum absolute atomic E-state index is 13.9. The molecule has 4 rings (SSSR count). The van der Waals surface area contributed by atoms with Crippen molar-refractivity contribution in [2.45, 2.75) is 25.8 Å². The molecule has 5 heteroatoms. The van der Waals surface area contributed by atoms with Crippen molar-refractivity contribution < 1.29 is 9.18 Å². The predicted octanol–water partition coefficient (Wildman–Crippen LogP) is 6.15. The summed E-state index contributed by atoms with van der Waals surface area (Å²) in [5, 5.41) is 3.14. The van der Waals surface area contributed by atoms with Gasteiger partial charge in [-0.3, -0.25) is 4.79 Å². The van der Waals surface area contributed by atoms with Crippen molar-refractivity contribution in [2.75, 3.05) is 0 Å². The molecule has 4 nitrogen and oxygen atoms in total. The second kappa shape index (κ2) is 9.39. The highest BCUT2D eigenvalue weighted by Gasteiger charge is 2.22. The van der Waals surface area contributed by atoms with Crippen LogP contribution in [0.2, 0.25) is 0 Å². The van der Waals surface area contributed by atoms with Gasteiger partial charge in [0.15, 0.2) is 0 Å². The summed E-state index contributed by atoms with van der Waals surface area (Å²) in [4.78, 5) is 21.2. The van der Waals surface area contributed by atoms with E-state index in [-0.39, 0.29) is 17.8 Å². The first-order valence-corrected chi connectivity index (χ1v) is 10.4. The van der Waals surface area contributed by atoms with Crippen LogP contribution in [0.5, 0.6) is 0 Å². The van der Waals surface area contributed by atoms with E-state index in [1.807, 2.05) is 60.7 Å². The number of halogens is 1. The molecule has 0 saturated carbocycles. The Hall–Kier alpha value is -3.73. The summed E-state index contributed by atoms with van der Waals surface area (Å²) in [5.41, 5.74) is 3.20. The fourth-order valence-electron chi connectivity index (χ4n) is 3.64. The number of hydrogen-bond acceptors (Lipinski definition) is 2. The van der Waals surface area contributed by atoms with Crippen LogP contribution in [0, 0.1) is 5.82 Å². The Kier molecular flexibility index (Phi) is 6.22. The molecule has 1 unspecified atom stereocenters. The minimum atomic E-state index is -0.374. The van der Waals surface area contributed by atoms with Crippen LogP contribution >= 0.6 is 0 Å². The first-order chi connectivity index (χ1) is 15.2. The van der Waals surface area contributed by atoms with Crippen LogP contribution in [0.1, 0.15) is 41.9 Å². The molecule has 0 aliphatic heterocycles. The van der Waals surface area contributed by atoms with Gasteiger partial charge < -0.3 is 10.3 Å². The molecule has 0 fully saturated rings. The zero-order chi connectivity index (χ0) is 21.6. The third-order valence-electron chi connectivity index (χ3n) is 5.16. The highest BCUT2D eigenvalue weighted by atomic mass is 19.1. The Bertz CT molecular complexity index is 1160. The Morgan fingerprint density at radius 3 is 2.32 bits per heavy atom. The average molecular weight is 413 g/mol. The Labute approximate surface area is 181 Å². The SMILES string of the molecule is CCCC(NC(=O)c1[nH]c(-c2ccccc2)nc1-c1cccc(F)c1)c1ccccc1. The Balaban J connectivity index is 1.73. The molecule has 2 N–H and O–H groups in total. The number of imidazole rings is 1. The number of nitrogens with one attached hydrogen (secondary N) is 2. The quantitative estimate of drug-likeness (QED) is 0.381. The molecule has 0 aliphatic carbocycles. The normalized spacial score (nSPS) is 11.8. The van der Waals surface area contributed by atoms with Crippen molar-refractivity contribution in [2.24, 2.45) is 0 Å². The zero-order valence-electron chi connectivity index (χ0n) is 17.3. The fourth-order valence-corrected chi connectivity index (χ4v) is 3.64. The highest BCUT2D eigenvalue weighted by Crippen LogP contribution is 2.28. The number of carbonyl (C=O) groups is 1. The molecular weight excluding hydrogens is 389 g/mol. The lowest BCUT2D eigenvalue weighted by molar-refractivity contribution is 0.0930. The number of nitrogens with zero attached hydrogens (tertiary/aromatic N) is 1. The molecule has 3 aromatic carbocycles. The third-order valence-corrected chi connectivity index (χ3v) is 5.16. The summed E-state index contributed by atoms with van der Waals surface area (Å²) >= 11 is 0. The molecule has 1 amide bonds. The van der Waals surface area contributed by atoms with Gasteiger partial charge in [0, 0.05) is 11.1 Å². The van der Waals surface area contributed by atoms with Crippen molar-refractivity contribution in [3.05, 3.63) is 102 Å². The molecule has 0 radical (unpaired) electrons. The topological polar surface area (TPSA) is 57.8 Å². The van der Waals surface area contributed by atoms with E-state index in [0.29, 0.717) is 22.8 Å². The van der Waals surface area contributed by atoms with E-state index in [1.165, 1.54) is 12.1 Å². The number of rotatable bonds is 7. The minimum absolute atomic E-state index is 0.123. The molecule has 4 aromatic rings. The van der Waals surface area contributed by atoms with Crippen LogP contribution in [0.25, 0.3) is 22.6 Å². The lowest BCUT2D eigenvalue weighted by Crippen LogP contribution is -2.29. The highest BCUT2D eigenvalue weighted by molar-refractivity contribution is 5.99. The molecule has 1 aromatic heterocycles. The van der Waals surface area contributed by atoms with Crippen LogP contribution < -0.4 is 5.32 Å². The second-order valence-corrected chi connectivity index (χ2v) is 7.41. The van der Waals surface area contributed by atoms with Gasteiger partial charge >= 0.3 is 0 Å². The van der Waals surface area contributed by atoms with E-state index in [0.717, 1.165) is 24.0 Å².